The summed E-state index contributed by atoms with van der Waals surface area (Å²) in [6, 6.07) is 14.7. The van der Waals surface area contributed by atoms with Gasteiger partial charge in [-0.3, -0.25) is 0 Å². The summed E-state index contributed by atoms with van der Waals surface area (Å²) in [7, 11) is 1.68. The number of nitrogens with one attached hydrogen (secondary N) is 1. The SMILES string of the molecule is COc1ccc(N2CC[NH+](Cc3nnnn3Cc3ccc(F)cc3)CC2)cc1. The van der Waals surface area contributed by atoms with Gasteiger partial charge in [-0.2, -0.15) is 0 Å². The van der Waals surface area contributed by atoms with Crippen LogP contribution in [0.2, 0.25) is 0 Å². The highest BCUT2D eigenvalue weighted by Crippen LogP contribution is 2.19. The van der Waals surface area contributed by atoms with Crippen LogP contribution in [0.5, 0.6) is 5.75 Å². The van der Waals surface area contributed by atoms with E-state index in [1.807, 2.05) is 12.1 Å². The summed E-state index contributed by atoms with van der Waals surface area (Å²) in [5, 5.41) is 12.1. The molecule has 0 spiro atoms. The van der Waals surface area contributed by atoms with Crippen LogP contribution in [-0.4, -0.2) is 53.5 Å². The number of halogens is 1. The molecule has 1 saturated heterocycles. The first-order valence-corrected chi connectivity index (χ1v) is 9.43. The lowest BCUT2D eigenvalue weighted by Gasteiger charge is -2.33. The third-order valence-electron chi connectivity index (χ3n) is 5.17. The van der Waals surface area contributed by atoms with Crippen LogP contribution in [0.15, 0.2) is 48.5 Å². The summed E-state index contributed by atoms with van der Waals surface area (Å²) < 4.78 is 20.1. The van der Waals surface area contributed by atoms with E-state index >= 15 is 0 Å². The molecule has 0 atom stereocenters. The molecule has 0 amide bonds. The van der Waals surface area contributed by atoms with Crippen LogP contribution in [0.4, 0.5) is 10.1 Å². The van der Waals surface area contributed by atoms with E-state index in [2.05, 4.69) is 32.6 Å². The van der Waals surface area contributed by atoms with Gasteiger partial charge in [-0.25, -0.2) is 9.07 Å². The van der Waals surface area contributed by atoms with E-state index in [0.29, 0.717) is 6.54 Å². The number of piperazine rings is 1. The molecule has 0 bridgehead atoms. The molecule has 1 N–H and O–H groups in total. The highest BCUT2D eigenvalue weighted by molar-refractivity contribution is 5.49. The van der Waals surface area contributed by atoms with E-state index in [-0.39, 0.29) is 5.82 Å². The van der Waals surface area contributed by atoms with Crippen LogP contribution in [0.25, 0.3) is 0 Å². The van der Waals surface area contributed by atoms with Crippen molar-refractivity contribution in [3.05, 3.63) is 65.7 Å². The number of tetrazole rings is 1. The Morgan fingerprint density at radius 3 is 2.43 bits per heavy atom. The van der Waals surface area contributed by atoms with Crippen LogP contribution < -0.4 is 14.5 Å². The lowest BCUT2D eigenvalue weighted by molar-refractivity contribution is -0.915. The maximum Gasteiger partial charge on any atom is 0.206 e. The van der Waals surface area contributed by atoms with E-state index in [4.69, 9.17) is 4.74 Å². The minimum atomic E-state index is -0.236. The number of anilines is 1. The van der Waals surface area contributed by atoms with E-state index in [1.54, 1.807) is 23.9 Å². The second-order valence-corrected chi connectivity index (χ2v) is 6.99. The van der Waals surface area contributed by atoms with Gasteiger partial charge in [-0.05, 0) is 52.4 Å². The van der Waals surface area contributed by atoms with Gasteiger partial charge in [-0.1, -0.05) is 12.1 Å². The van der Waals surface area contributed by atoms with Crippen molar-refractivity contribution in [2.24, 2.45) is 0 Å². The third-order valence-corrected chi connectivity index (χ3v) is 5.17. The third kappa shape index (κ3) is 4.28. The molecule has 2 aromatic carbocycles. The van der Waals surface area contributed by atoms with Crippen molar-refractivity contribution in [2.75, 3.05) is 38.2 Å². The predicted molar refractivity (Wildman–Crippen MR) is 103 cm³/mol. The molecule has 146 valence electrons. The van der Waals surface area contributed by atoms with Gasteiger partial charge in [0.1, 0.15) is 18.1 Å². The number of hydrogen-bond acceptors (Lipinski definition) is 5. The monoisotopic (exact) mass is 383 g/mol. The zero-order valence-electron chi connectivity index (χ0n) is 15.9. The van der Waals surface area contributed by atoms with Crippen molar-refractivity contribution in [3.8, 4) is 5.75 Å². The first-order chi connectivity index (χ1) is 13.7. The quantitative estimate of drug-likeness (QED) is 0.682. The van der Waals surface area contributed by atoms with Gasteiger partial charge < -0.3 is 14.5 Å². The Morgan fingerprint density at radius 1 is 1.04 bits per heavy atom. The Labute approximate surface area is 163 Å². The Bertz CT molecular complexity index is 888. The average Bonchev–Trinajstić information content (AvgIpc) is 3.17. The number of methoxy groups -OCH3 is 1. The molecular weight excluding hydrogens is 359 g/mol. The minimum absolute atomic E-state index is 0.236. The molecule has 0 aliphatic carbocycles. The molecule has 7 nitrogen and oxygen atoms in total. The molecule has 1 aliphatic rings. The lowest BCUT2D eigenvalue weighted by Crippen LogP contribution is -3.13. The summed E-state index contributed by atoms with van der Waals surface area (Å²) in [5.41, 5.74) is 2.20. The van der Waals surface area contributed by atoms with Crippen molar-refractivity contribution in [1.82, 2.24) is 20.2 Å². The van der Waals surface area contributed by atoms with Crippen molar-refractivity contribution >= 4 is 5.69 Å². The van der Waals surface area contributed by atoms with Crippen molar-refractivity contribution in [3.63, 3.8) is 0 Å². The van der Waals surface area contributed by atoms with Gasteiger partial charge >= 0.3 is 0 Å². The van der Waals surface area contributed by atoms with E-state index < -0.39 is 0 Å². The molecule has 2 heterocycles. The van der Waals surface area contributed by atoms with E-state index in [9.17, 15) is 4.39 Å². The average molecular weight is 383 g/mol. The fourth-order valence-electron chi connectivity index (χ4n) is 3.51. The Kier molecular flexibility index (Phi) is 5.48. The fourth-order valence-corrected chi connectivity index (χ4v) is 3.51. The standard InChI is InChI=1S/C20H23FN6O/c1-28-19-8-6-18(7-9-19)26-12-10-25(11-13-26)15-20-22-23-24-27(20)14-16-2-4-17(21)5-3-16/h2-9H,10-15H2,1H3/p+1. The first kappa shape index (κ1) is 18.4. The summed E-state index contributed by atoms with van der Waals surface area (Å²) in [4.78, 5) is 3.85. The topological polar surface area (TPSA) is 60.5 Å². The number of benzene rings is 2. The smallest absolute Gasteiger partial charge is 0.206 e. The zero-order valence-corrected chi connectivity index (χ0v) is 15.9. The Hall–Kier alpha value is -3.00. The Morgan fingerprint density at radius 2 is 1.75 bits per heavy atom. The predicted octanol–water partition coefficient (Wildman–Crippen LogP) is 0.774. The molecule has 0 saturated carbocycles. The van der Waals surface area contributed by atoms with Crippen molar-refractivity contribution < 1.29 is 14.0 Å². The number of ether oxygens (including phenoxy) is 1. The number of hydrogen-bond donors (Lipinski definition) is 1. The van der Waals surface area contributed by atoms with Gasteiger partial charge in [0, 0.05) is 5.69 Å². The van der Waals surface area contributed by atoms with Crippen LogP contribution in [0.1, 0.15) is 11.4 Å². The normalized spacial score (nSPS) is 15.0. The largest absolute Gasteiger partial charge is 0.497 e. The number of aromatic nitrogens is 4. The molecule has 28 heavy (non-hydrogen) atoms. The minimum Gasteiger partial charge on any atom is -0.497 e. The first-order valence-electron chi connectivity index (χ1n) is 9.43. The van der Waals surface area contributed by atoms with Crippen LogP contribution in [0, 0.1) is 5.82 Å². The molecule has 3 aromatic rings. The molecule has 4 rings (SSSR count). The summed E-state index contributed by atoms with van der Waals surface area (Å²) >= 11 is 0. The fraction of sp³-hybridized carbons (Fsp3) is 0.350. The molecule has 1 aromatic heterocycles. The van der Waals surface area contributed by atoms with Gasteiger partial charge in [-0.15, -0.1) is 5.10 Å². The molecule has 0 radical (unpaired) electrons. The lowest BCUT2D eigenvalue weighted by atomic mass is 10.2. The maximum atomic E-state index is 13.1. The van der Waals surface area contributed by atoms with Crippen molar-refractivity contribution in [2.45, 2.75) is 13.1 Å². The molecule has 1 fully saturated rings. The van der Waals surface area contributed by atoms with Crippen LogP contribution >= 0.6 is 0 Å². The highest BCUT2D eigenvalue weighted by atomic mass is 19.1. The number of rotatable bonds is 6. The highest BCUT2D eigenvalue weighted by Gasteiger charge is 2.22. The maximum absolute atomic E-state index is 13.1. The van der Waals surface area contributed by atoms with Gasteiger partial charge in [0.2, 0.25) is 5.82 Å². The van der Waals surface area contributed by atoms with Crippen molar-refractivity contribution in [1.29, 1.82) is 0 Å². The Balaban J connectivity index is 1.33. The van der Waals surface area contributed by atoms with Crippen LogP contribution in [-0.2, 0) is 13.1 Å². The van der Waals surface area contributed by atoms with Crippen LogP contribution in [0.3, 0.4) is 0 Å². The summed E-state index contributed by atoms with van der Waals surface area (Å²) in [6.07, 6.45) is 0. The zero-order chi connectivity index (χ0) is 19.3. The van der Waals surface area contributed by atoms with Gasteiger partial charge in [0.05, 0.1) is 39.8 Å². The number of quaternary nitrogens is 1. The molecule has 1 aliphatic heterocycles. The molecular formula is C20H24FN6O+. The van der Waals surface area contributed by atoms with E-state index in [0.717, 1.165) is 49.9 Å². The molecule has 0 unspecified atom stereocenters. The second-order valence-electron chi connectivity index (χ2n) is 6.99. The van der Waals surface area contributed by atoms with Gasteiger partial charge in [0.25, 0.3) is 0 Å². The second kappa shape index (κ2) is 8.35. The number of nitrogens with zero attached hydrogens (tertiary/aromatic N) is 5. The summed E-state index contributed by atoms with van der Waals surface area (Å²) in [5.74, 6) is 1.50. The molecule has 8 heteroatoms. The summed E-state index contributed by atoms with van der Waals surface area (Å²) in [6.45, 7) is 5.35. The van der Waals surface area contributed by atoms with E-state index in [1.165, 1.54) is 22.7 Å². The van der Waals surface area contributed by atoms with Gasteiger partial charge in [0.15, 0.2) is 0 Å².